The number of rotatable bonds is 2. The lowest BCUT2D eigenvalue weighted by atomic mass is 10.2. The van der Waals surface area contributed by atoms with E-state index in [-0.39, 0.29) is 0 Å². The summed E-state index contributed by atoms with van der Waals surface area (Å²) in [5.74, 6) is 0. The van der Waals surface area contributed by atoms with Crippen LogP contribution in [0.15, 0.2) is 42.5 Å². The number of fused-ring (bicyclic) bond motifs is 1. The maximum Gasteiger partial charge on any atom is 0.124 e. The maximum absolute atomic E-state index is 4.70. The van der Waals surface area contributed by atoms with Crippen LogP contribution < -0.4 is 5.32 Å². The molecule has 0 radical (unpaired) electrons. The molecule has 2 nitrogen and oxygen atoms in total. The molecule has 0 saturated heterocycles. The number of nitrogens with zero attached hydrogens (tertiary/aromatic N) is 1. The molecule has 1 N–H and O–H groups in total. The molecule has 0 spiro atoms. The van der Waals surface area contributed by atoms with E-state index >= 15 is 0 Å². The largest absolute Gasteiger partial charge is 0.388 e. The van der Waals surface area contributed by atoms with Crippen molar-refractivity contribution in [2.45, 2.75) is 6.92 Å². The van der Waals surface area contributed by atoms with Crippen LogP contribution in [0, 0.1) is 6.92 Å². The number of anilines is 1. The molecule has 0 atom stereocenters. The summed E-state index contributed by atoms with van der Waals surface area (Å²) < 4.78 is 1.28. The average molecular weight is 254 g/mol. The molecule has 3 heteroatoms. The summed E-state index contributed by atoms with van der Waals surface area (Å²) in [6.45, 7) is 2.13. The quantitative estimate of drug-likeness (QED) is 0.737. The normalized spacial score (nSPS) is 10.8. The number of thiazole rings is 1. The highest BCUT2D eigenvalue weighted by atomic mass is 32.1. The lowest BCUT2D eigenvalue weighted by Crippen LogP contribution is -1.86. The first-order valence-electron chi connectivity index (χ1n) is 5.92. The minimum Gasteiger partial charge on any atom is -0.388 e. The van der Waals surface area contributed by atoms with Gasteiger partial charge in [-0.15, -0.1) is 11.3 Å². The number of nitrogens with one attached hydrogen (secondary N) is 1. The molecule has 90 valence electrons. The van der Waals surface area contributed by atoms with Gasteiger partial charge in [-0.3, -0.25) is 0 Å². The Labute approximate surface area is 110 Å². The highest BCUT2D eigenvalue weighted by Gasteiger charge is 2.07. The van der Waals surface area contributed by atoms with Crippen molar-refractivity contribution in [3.63, 3.8) is 0 Å². The van der Waals surface area contributed by atoms with E-state index in [1.165, 1.54) is 15.8 Å². The molecule has 0 fully saturated rings. The summed E-state index contributed by atoms with van der Waals surface area (Å²) in [6.07, 6.45) is 0. The number of aromatic nitrogens is 1. The Hall–Kier alpha value is -1.87. The number of aryl methyl sites for hydroxylation is 1. The first kappa shape index (κ1) is 11.2. The zero-order valence-electron chi connectivity index (χ0n) is 10.4. The molecule has 1 heterocycles. The van der Waals surface area contributed by atoms with E-state index in [4.69, 9.17) is 4.98 Å². The third-order valence-corrected chi connectivity index (χ3v) is 4.29. The Morgan fingerprint density at radius 2 is 1.83 bits per heavy atom. The van der Waals surface area contributed by atoms with Crippen LogP contribution in [0.1, 0.15) is 5.56 Å². The molecule has 0 unspecified atom stereocenters. The summed E-state index contributed by atoms with van der Waals surface area (Å²) in [5.41, 5.74) is 4.68. The van der Waals surface area contributed by atoms with Gasteiger partial charge in [0.2, 0.25) is 0 Å². The van der Waals surface area contributed by atoms with Gasteiger partial charge in [-0.2, -0.15) is 0 Å². The van der Waals surface area contributed by atoms with Crippen LogP contribution in [-0.4, -0.2) is 12.0 Å². The van der Waals surface area contributed by atoms with Crippen LogP contribution in [0.3, 0.4) is 0 Å². The average Bonchev–Trinajstić information content (AvgIpc) is 2.84. The zero-order valence-corrected chi connectivity index (χ0v) is 11.2. The van der Waals surface area contributed by atoms with Gasteiger partial charge in [0, 0.05) is 18.3 Å². The Morgan fingerprint density at radius 1 is 1.06 bits per heavy atom. The van der Waals surface area contributed by atoms with Gasteiger partial charge in [-0.25, -0.2) is 4.98 Å². The van der Waals surface area contributed by atoms with Gasteiger partial charge in [0.05, 0.1) is 10.2 Å². The van der Waals surface area contributed by atoms with Gasteiger partial charge in [-0.1, -0.05) is 12.1 Å². The number of hydrogen-bond acceptors (Lipinski definition) is 3. The molecule has 3 aromatic rings. The monoisotopic (exact) mass is 254 g/mol. The Bertz CT molecular complexity index is 683. The Kier molecular flexibility index (Phi) is 2.76. The Balaban J connectivity index is 2.10. The predicted molar refractivity (Wildman–Crippen MR) is 79.3 cm³/mol. The van der Waals surface area contributed by atoms with Crippen molar-refractivity contribution in [1.29, 1.82) is 0 Å². The molecule has 3 rings (SSSR count). The SMILES string of the molecule is CNc1ccc(-c2nc3cccc(C)c3s2)cc1. The molecular weight excluding hydrogens is 240 g/mol. The summed E-state index contributed by atoms with van der Waals surface area (Å²) in [6, 6.07) is 14.6. The summed E-state index contributed by atoms with van der Waals surface area (Å²) in [4.78, 5) is 4.70. The second kappa shape index (κ2) is 4.42. The summed E-state index contributed by atoms with van der Waals surface area (Å²) in [5, 5.41) is 4.21. The first-order chi connectivity index (χ1) is 8.78. The maximum atomic E-state index is 4.70. The van der Waals surface area contributed by atoms with Gasteiger partial charge in [0.25, 0.3) is 0 Å². The first-order valence-corrected chi connectivity index (χ1v) is 6.74. The molecular formula is C15H14N2S. The van der Waals surface area contributed by atoms with Crippen LogP contribution in [-0.2, 0) is 0 Å². The van der Waals surface area contributed by atoms with E-state index in [0.717, 1.165) is 16.2 Å². The number of benzene rings is 2. The lowest BCUT2D eigenvalue weighted by molar-refractivity contribution is 1.45. The van der Waals surface area contributed by atoms with E-state index in [9.17, 15) is 0 Å². The highest BCUT2D eigenvalue weighted by Crippen LogP contribution is 2.32. The smallest absolute Gasteiger partial charge is 0.124 e. The van der Waals surface area contributed by atoms with Crippen molar-refractivity contribution in [1.82, 2.24) is 4.98 Å². The second-order valence-electron chi connectivity index (χ2n) is 4.27. The van der Waals surface area contributed by atoms with Gasteiger partial charge in [0.1, 0.15) is 5.01 Å². The standard InChI is InChI=1S/C15H14N2S/c1-10-4-3-5-13-14(10)18-15(17-13)11-6-8-12(16-2)9-7-11/h3-9,16H,1-2H3. The van der Waals surface area contributed by atoms with Crippen LogP contribution in [0.4, 0.5) is 5.69 Å². The minimum absolute atomic E-state index is 1.09. The van der Waals surface area contributed by atoms with Crippen LogP contribution in [0.25, 0.3) is 20.8 Å². The van der Waals surface area contributed by atoms with Gasteiger partial charge < -0.3 is 5.32 Å². The fraction of sp³-hybridized carbons (Fsp3) is 0.133. The fourth-order valence-corrected chi connectivity index (χ4v) is 3.03. The minimum atomic E-state index is 1.09. The molecule has 0 bridgehead atoms. The topological polar surface area (TPSA) is 24.9 Å². The van der Waals surface area contributed by atoms with Crippen molar-refractivity contribution in [3.8, 4) is 10.6 Å². The van der Waals surface area contributed by atoms with Crippen LogP contribution in [0.5, 0.6) is 0 Å². The van der Waals surface area contributed by atoms with E-state index in [1.807, 2.05) is 7.05 Å². The zero-order chi connectivity index (χ0) is 12.5. The molecule has 0 amide bonds. The van der Waals surface area contributed by atoms with Crippen molar-refractivity contribution in [2.75, 3.05) is 12.4 Å². The summed E-state index contributed by atoms with van der Waals surface area (Å²) >= 11 is 1.76. The van der Waals surface area contributed by atoms with E-state index < -0.39 is 0 Å². The molecule has 0 saturated carbocycles. The van der Waals surface area contributed by atoms with Gasteiger partial charge in [0.15, 0.2) is 0 Å². The number of hydrogen-bond donors (Lipinski definition) is 1. The van der Waals surface area contributed by atoms with E-state index in [2.05, 4.69) is 54.7 Å². The van der Waals surface area contributed by atoms with E-state index in [1.54, 1.807) is 11.3 Å². The van der Waals surface area contributed by atoms with Crippen molar-refractivity contribution < 1.29 is 0 Å². The highest BCUT2D eigenvalue weighted by molar-refractivity contribution is 7.21. The van der Waals surface area contributed by atoms with Crippen LogP contribution >= 0.6 is 11.3 Å². The van der Waals surface area contributed by atoms with Crippen molar-refractivity contribution >= 4 is 27.2 Å². The Morgan fingerprint density at radius 3 is 2.50 bits per heavy atom. The molecule has 2 aromatic carbocycles. The molecule has 18 heavy (non-hydrogen) atoms. The third kappa shape index (κ3) is 1.87. The molecule has 0 aliphatic carbocycles. The van der Waals surface area contributed by atoms with E-state index in [0.29, 0.717) is 0 Å². The van der Waals surface area contributed by atoms with Crippen molar-refractivity contribution in [3.05, 3.63) is 48.0 Å². The van der Waals surface area contributed by atoms with Crippen molar-refractivity contribution in [2.24, 2.45) is 0 Å². The molecule has 1 aromatic heterocycles. The lowest BCUT2D eigenvalue weighted by Gasteiger charge is -2.00. The predicted octanol–water partition coefficient (Wildman–Crippen LogP) is 4.31. The fourth-order valence-electron chi connectivity index (χ4n) is 1.99. The second-order valence-corrected chi connectivity index (χ2v) is 5.27. The van der Waals surface area contributed by atoms with Gasteiger partial charge in [-0.05, 0) is 42.8 Å². The molecule has 0 aliphatic rings. The summed E-state index contributed by atoms with van der Waals surface area (Å²) in [7, 11) is 1.93. The molecule has 0 aliphatic heterocycles. The van der Waals surface area contributed by atoms with Crippen LogP contribution in [0.2, 0.25) is 0 Å². The van der Waals surface area contributed by atoms with Gasteiger partial charge >= 0.3 is 0 Å². The third-order valence-electron chi connectivity index (χ3n) is 3.03.